The number of rotatable bonds is 9. The maximum absolute atomic E-state index is 14.2. The van der Waals surface area contributed by atoms with Gasteiger partial charge in [0.05, 0.1) is 12.2 Å². The monoisotopic (exact) mass is 395 g/mol. The molecule has 6 nitrogen and oxygen atoms in total. The van der Waals surface area contributed by atoms with Crippen LogP contribution in [0.3, 0.4) is 0 Å². The second kappa shape index (κ2) is 9.95. The molecule has 0 radical (unpaired) electrons. The molecule has 0 saturated heterocycles. The molecule has 3 aromatic rings. The minimum atomic E-state index is -0.404. The molecule has 2 aromatic carbocycles. The number of hydrogen-bond acceptors (Lipinski definition) is 4. The van der Waals surface area contributed by atoms with Crippen LogP contribution < -0.4 is 11.1 Å². The fourth-order valence-corrected chi connectivity index (χ4v) is 3.17. The Labute approximate surface area is 170 Å². The van der Waals surface area contributed by atoms with E-state index in [1.165, 1.54) is 16.3 Å². The van der Waals surface area contributed by atoms with Gasteiger partial charge in [0.15, 0.2) is 0 Å². The topological polar surface area (TPSA) is 76.2 Å². The second-order valence-corrected chi connectivity index (χ2v) is 6.88. The summed E-state index contributed by atoms with van der Waals surface area (Å²) in [4.78, 5) is 14.7. The van der Waals surface area contributed by atoms with Crippen molar-refractivity contribution in [1.82, 2.24) is 14.7 Å². The van der Waals surface area contributed by atoms with Crippen molar-refractivity contribution >= 4 is 11.7 Å². The molecule has 7 heteroatoms. The molecule has 0 unspecified atom stereocenters. The van der Waals surface area contributed by atoms with Crippen LogP contribution in [0.4, 0.5) is 10.2 Å². The fraction of sp³-hybridized carbons (Fsp3) is 0.273. The van der Waals surface area contributed by atoms with Crippen molar-refractivity contribution in [2.45, 2.75) is 13.3 Å². The van der Waals surface area contributed by atoms with Gasteiger partial charge in [-0.25, -0.2) is 9.07 Å². The zero-order chi connectivity index (χ0) is 20.6. The Morgan fingerprint density at radius 3 is 2.59 bits per heavy atom. The zero-order valence-electron chi connectivity index (χ0n) is 16.5. The van der Waals surface area contributed by atoms with Gasteiger partial charge < -0.3 is 11.1 Å². The number of aryl methyl sites for hydroxylation is 1. The van der Waals surface area contributed by atoms with Gasteiger partial charge in [-0.2, -0.15) is 5.10 Å². The molecule has 0 aliphatic carbocycles. The standard InChI is InChI=1S/C22H26FN5O/c1-17-15-21(28(26-17)20-10-6-5-9-19(20)23)25-22(29)16-27(14-12-24)13-11-18-7-3-2-4-8-18/h2-10,15H,11-14,16,24H2,1H3,(H,25,29). The van der Waals surface area contributed by atoms with E-state index in [-0.39, 0.29) is 12.5 Å². The number of hydrogen-bond donors (Lipinski definition) is 2. The van der Waals surface area contributed by atoms with Crippen molar-refractivity contribution in [1.29, 1.82) is 0 Å². The zero-order valence-corrected chi connectivity index (χ0v) is 16.5. The molecule has 0 atom stereocenters. The number of aromatic nitrogens is 2. The van der Waals surface area contributed by atoms with Gasteiger partial charge in [-0.1, -0.05) is 42.5 Å². The highest BCUT2D eigenvalue weighted by Gasteiger charge is 2.16. The summed E-state index contributed by atoms with van der Waals surface area (Å²) in [5.74, 6) is -0.156. The van der Waals surface area contributed by atoms with Crippen molar-refractivity contribution in [3.63, 3.8) is 0 Å². The maximum Gasteiger partial charge on any atom is 0.239 e. The van der Waals surface area contributed by atoms with Crippen molar-refractivity contribution in [2.75, 3.05) is 31.5 Å². The molecule has 1 aromatic heterocycles. The average molecular weight is 395 g/mol. The lowest BCUT2D eigenvalue weighted by atomic mass is 10.1. The number of anilines is 1. The van der Waals surface area contributed by atoms with Crippen LogP contribution in [0.2, 0.25) is 0 Å². The quantitative estimate of drug-likeness (QED) is 0.584. The van der Waals surface area contributed by atoms with Crippen molar-refractivity contribution in [3.8, 4) is 5.69 Å². The van der Waals surface area contributed by atoms with Crippen molar-refractivity contribution in [2.24, 2.45) is 5.73 Å². The normalized spacial score (nSPS) is 11.0. The lowest BCUT2D eigenvalue weighted by Gasteiger charge is -2.21. The van der Waals surface area contributed by atoms with Crippen molar-refractivity contribution < 1.29 is 9.18 Å². The highest BCUT2D eigenvalue weighted by atomic mass is 19.1. The average Bonchev–Trinajstić information content (AvgIpc) is 3.07. The maximum atomic E-state index is 14.2. The number of amides is 1. The Morgan fingerprint density at radius 2 is 1.86 bits per heavy atom. The second-order valence-electron chi connectivity index (χ2n) is 6.88. The molecule has 29 heavy (non-hydrogen) atoms. The van der Waals surface area contributed by atoms with Crippen LogP contribution in [0.5, 0.6) is 0 Å². The predicted octanol–water partition coefficient (Wildman–Crippen LogP) is 2.76. The molecule has 0 bridgehead atoms. The Hall–Kier alpha value is -3.03. The summed E-state index contributed by atoms with van der Waals surface area (Å²) in [5, 5.41) is 7.17. The van der Waals surface area contributed by atoms with Gasteiger partial charge >= 0.3 is 0 Å². The first-order valence-electron chi connectivity index (χ1n) is 9.64. The Kier molecular flexibility index (Phi) is 7.10. The summed E-state index contributed by atoms with van der Waals surface area (Å²) in [6.07, 6.45) is 0.834. The summed E-state index contributed by atoms with van der Waals surface area (Å²) in [6, 6.07) is 18.2. The third kappa shape index (κ3) is 5.73. The third-order valence-corrected chi connectivity index (χ3v) is 4.55. The molecule has 1 heterocycles. The smallest absolute Gasteiger partial charge is 0.239 e. The summed E-state index contributed by atoms with van der Waals surface area (Å²) >= 11 is 0. The number of nitrogens with zero attached hydrogens (tertiary/aromatic N) is 3. The first kappa shape index (κ1) is 20.7. The molecule has 0 aliphatic rings. The number of benzene rings is 2. The Bertz CT molecular complexity index is 941. The van der Waals surface area contributed by atoms with Crippen LogP contribution in [0.1, 0.15) is 11.3 Å². The Morgan fingerprint density at radius 1 is 1.14 bits per heavy atom. The largest absolute Gasteiger partial charge is 0.329 e. The number of nitrogens with one attached hydrogen (secondary N) is 1. The number of carbonyl (C=O) groups is 1. The summed E-state index contributed by atoms with van der Waals surface area (Å²) in [7, 11) is 0. The van der Waals surface area contributed by atoms with Gasteiger partial charge in [0.1, 0.15) is 17.3 Å². The van der Waals surface area contributed by atoms with E-state index in [4.69, 9.17) is 5.73 Å². The van der Waals surface area contributed by atoms with E-state index in [1.807, 2.05) is 23.1 Å². The van der Waals surface area contributed by atoms with E-state index >= 15 is 0 Å². The number of carbonyl (C=O) groups excluding carboxylic acids is 1. The first-order valence-corrected chi connectivity index (χ1v) is 9.64. The number of nitrogens with two attached hydrogens (primary N) is 1. The van der Waals surface area contributed by atoms with E-state index in [0.29, 0.717) is 30.3 Å². The summed E-state index contributed by atoms with van der Waals surface area (Å²) in [5.41, 5.74) is 7.91. The lowest BCUT2D eigenvalue weighted by molar-refractivity contribution is -0.117. The molecule has 0 fully saturated rings. The van der Waals surface area contributed by atoms with E-state index in [9.17, 15) is 9.18 Å². The van der Waals surface area contributed by atoms with Crippen LogP contribution in [0.25, 0.3) is 5.69 Å². The lowest BCUT2D eigenvalue weighted by Crippen LogP contribution is -2.38. The molecule has 0 spiro atoms. The van der Waals surface area contributed by atoms with Crippen LogP contribution in [-0.2, 0) is 11.2 Å². The minimum absolute atomic E-state index is 0.191. The van der Waals surface area contributed by atoms with Crippen LogP contribution >= 0.6 is 0 Å². The van der Waals surface area contributed by atoms with Crippen LogP contribution in [0, 0.1) is 12.7 Å². The van der Waals surface area contributed by atoms with Gasteiger partial charge in [-0.05, 0) is 31.0 Å². The van der Waals surface area contributed by atoms with E-state index in [2.05, 4.69) is 22.5 Å². The molecule has 0 aliphatic heterocycles. The number of halogens is 1. The van der Waals surface area contributed by atoms with Gasteiger partial charge in [-0.15, -0.1) is 0 Å². The fourth-order valence-electron chi connectivity index (χ4n) is 3.17. The van der Waals surface area contributed by atoms with E-state index in [1.54, 1.807) is 31.2 Å². The minimum Gasteiger partial charge on any atom is -0.329 e. The molecular weight excluding hydrogens is 369 g/mol. The SMILES string of the molecule is Cc1cc(NC(=O)CN(CCN)CCc2ccccc2)n(-c2ccccc2F)n1. The Balaban J connectivity index is 1.67. The van der Waals surface area contributed by atoms with Gasteiger partial charge in [-0.3, -0.25) is 9.69 Å². The molecule has 1 amide bonds. The molecular formula is C22H26FN5O. The van der Waals surface area contributed by atoms with Gasteiger partial charge in [0.25, 0.3) is 0 Å². The van der Waals surface area contributed by atoms with E-state index in [0.717, 1.165) is 13.0 Å². The highest BCUT2D eigenvalue weighted by molar-refractivity contribution is 5.91. The third-order valence-electron chi connectivity index (χ3n) is 4.55. The molecule has 152 valence electrons. The molecule has 3 N–H and O–H groups in total. The molecule has 3 rings (SSSR count). The van der Waals surface area contributed by atoms with Crippen molar-refractivity contribution in [3.05, 3.63) is 77.7 Å². The first-order chi connectivity index (χ1) is 14.1. The van der Waals surface area contributed by atoms with Crippen LogP contribution in [-0.4, -0.2) is 46.8 Å². The summed E-state index contributed by atoms with van der Waals surface area (Å²) < 4.78 is 15.6. The number of para-hydroxylation sites is 1. The highest BCUT2D eigenvalue weighted by Crippen LogP contribution is 2.19. The van der Waals surface area contributed by atoms with Gasteiger partial charge in [0, 0.05) is 25.7 Å². The van der Waals surface area contributed by atoms with Crippen LogP contribution in [0.15, 0.2) is 60.7 Å². The molecule has 0 saturated carbocycles. The predicted molar refractivity (Wildman–Crippen MR) is 113 cm³/mol. The summed E-state index contributed by atoms with van der Waals surface area (Å²) in [6.45, 7) is 3.81. The van der Waals surface area contributed by atoms with E-state index < -0.39 is 5.82 Å². The van der Waals surface area contributed by atoms with Gasteiger partial charge in [0.2, 0.25) is 5.91 Å².